The van der Waals surface area contributed by atoms with E-state index in [2.05, 4.69) is 71.3 Å². The number of pyridine rings is 1. The Morgan fingerprint density at radius 3 is 2.43 bits per heavy atom. The van der Waals surface area contributed by atoms with Crippen LogP contribution in [0.15, 0.2) is 71.8 Å². The molecule has 0 aliphatic carbocycles. The summed E-state index contributed by atoms with van der Waals surface area (Å²) in [6, 6.07) is 23.0. The number of hydrogen-bond donors (Lipinski definition) is 0. The zero-order valence-corrected chi connectivity index (χ0v) is 12.5. The summed E-state index contributed by atoms with van der Waals surface area (Å²) >= 11 is 1.74. The van der Waals surface area contributed by atoms with Gasteiger partial charge in [-0.2, -0.15) is 0 Å². The Morgan fingerprint density at radius 1 is 0.857 bits per heavy atom. The molecule has 2 aromatic heterocycles. The van der Waals surface area contributed by atoms with Crippen molar-refractivity contribution >= 4 is 28.3 Å². The molecular weight excluding hydrogens is 276 g/mol. The maximum absolute atomic E-state index is 4.85. The molecule has 102 valence electrons. The molecule has 4 aromatic rings. The predicted molar refractivity (Wildman–Crippen MR) is 89.9 cm³/mol. The Morgan fingerprint density at radius 2 is 1.62 bits per heavy atom. The fourth-order valence-electron chi connectivity index (χ4n) is 2.74. The third-order valence-electron chi connectivity index (χ3n) is 3.69. The second kappa shape index (κ2) is 4.93. The van der Waals surface area contributed by atoms with Gasteiger partial charge in [-0.1, -0.05) is 48.5 Å². The molecule has 0 aliphatic heterocycles. The van der Waals surface area contributed by atoms with Crippen LogP contribution in [0.25, 0.3) is 27.8 Å². The molecule has 0 unspecified atom stereocenters. The highest BCUT2D eigenvalue weighted by Crippen LogP contribution is 2.33. The van der Waals surface area contributed by atoms with E-state index in [1.807, 2.05) is 6.07 Å². The van der Waals surface area contributed by atoms with Crippen LogP contribution in [0.1, 0.15) is 0 Å². The molecule has 0 saturated heterocycles. The summed E-state index contributed by atoms with van der Waals surface area (Å²) in [6.45, 7) is 0. The van der Waals surface area contributed by atoms with Gasteiger partial charge in [0.05, 0.1) is 5.52 Å². The van der Waals surface area contributed by atoms with Crippen molar-refractivity contribution in [1.29, 1.82) is 0 Å². The minimum Gasteiger partial charge on any atom is -0.287 e. The van der Waals surface area contributed by atoms with Crippen LogP contribution in [-0.4, -0.2) is 15.6 Å². The molecule has 0 fully saturated rings. The number of hydrogen-bond acceptors (Lipinski definition) is 2. The Hall–Kier alpha value is -2.26. The quantitative estimate of drug-likeness (QED) is 0.490. The number of nitrogens with zero attached hydrogens (tertiary/aromatic N) is 2. The van der Waals surface area contributed by atoms with Crippen LogP contribution in [-0.2, 0) is 0 Å². The molecule has 21 heavy (non-hydrogen) atoms. The summed E-state index contributed by atoms with van der Waals surface area (Å²) in [7, 11) is 0. The highest BCUT2D eigenvalue weighted by Gasteiger charge is 2.14. The molecule has 0 radical (unpaired) electrons. The van der Waals surface area contributed by atoms with Gasteiger partial charge < -0.3 is 0 Å². The minimum absolute atomic E-state index is 0.997. The highest BCUT2D eigenvalue weighted by atomic mass is 32.2. The topological polar surface area (TPSA) is 17.3 Å². The lowest BCUT2D eigenvalue weighted by Crippen LogP contribution is -1.89. The van der Waals surface area contributed by atoms with Gasteiger partial charge in [-0.05, 0) is 29.8 Å². The third-order valence-corrected chi connectivity index (χ3v) is 4.45. The molecule has 4 rings (SSSR count). The van der Waals surface area contributed by atoms with E-state index in [0.29, 0.717) is 0 Å². The molecule has 0 atom stereocenters. The van der Waals surface area contributed by atoms with E-state index < -0.39 is 0 Å². The number of aromatic nitrogens is 2. The van der Waals surface area contributed by atoms with Crippen LogP contribution in [0.2, 0.25) is 0 Å². The molecule has 2 nitrogen and oxygen atoms in total. The van der Waals surface area contributed by atoms with Crippen molar-refractivity contribution in [2.24, 2.45) is 0 Å². The number of rotatable bonds is 2. The van der Waals surface area contributed by atoms with Crippen LogP contribution in [0.5, 0.6) is 0 Å². The molecule has 3 heteroatoms. The molecule has 0 N–H and O–H groups in total. The third kappa shape index (κ3) is 1.93. The summed E-state index contributed by atoms with van der Waals surface area (Å²) in [4.78, 5) is 4.85. The second-order valence-corrected chi connectivity index (χ2v) is 5.72. The number of imidazole rings is 1. The summed E-state index contributed by atoms with van der Waals surface area (Å²) in [5, 5.41) is 2.42. The molecule has 2 aromatic carbocycles. The van der Waals surface area contributed by atoms with E-state index in [1.54, 1.807) is 11.8 Å². The van der Waals surface area contributed by atoms with E-state index in [-0.39, 0.29) is 0 Å². The van der Waals surface area contributed by atoms with Gasteiger partial charge in [0.1, 0.15) is 16.4 Å². The van der Waals surface area contributed by atoms with Gasteiger partial charge >= 0.3 is 0 Å². The number of para-hydroxylation sites is 1. The fourth-order valence-corrected chi connectivity index (χ4v) is 3.47. The first-order chi connectivity index (χ1) is 10.4. The summed E-state index contributed by atoms with van der Waals surface area (Å²) in [6.07, 6.45) is 2.11. The average Bonchev–Trinajstić information content (AvgIpc) is 2.94. The van der Waals surface area contributed by atoms with E-state index in [4.69, 9.17) is 4.98 Å². The Bertz CT molecular complexity index is 926. The smallest absolute Gasteiger partial charge is 0.138 e. The van der Waals surface area contributed by atoms with Crippen molar-refractivity contribution in [3.63, 3.8) is 0 Å². The average molecular weight is 290 g/mol. The Labute approximate surface area is 127 Å². The molecule has 0 spiro atoms. The summed E-state index contributed by atoms with van der Waals surface area (Å²) < 4.78 is 2.25. The fraction of sp³-hybridized carbons (Fsp3) is 0.0556. The normalized spacial score (nSPS) is 11.3. The van der Waals surface area contributed by atoms with Gasteiger partial charge in [0, 0.05) is 5.56 Å². The van der Waals surface area contributed by atoms with Crippen LogP contribution >= 0.6 is 11.8 Å². The second-order valence-electron chi connectivity index (χ2n) is 4.92. The number of thioether (sulfide) groups is 1. The van der Waals surface area contributed by atoms with Crippen molar-refractivity contribution in [2.45, 2.75) is 5.03 Å². The zero-order chi connectivity index (χ0) is 14.2. The number of fused-ring (bicyclic) bond motifs is 3. The monoisotopic (exact) mass is 290 g/mol. The van der Waals surface area contributed by atoms with Gasteiger partial charge in [0.25, 0.3) is 0 Å². The lowest BCUT2D eigenvalue weighted by atomic mass is 10.2. The molecule has 0 saturated carbocycles. The maximum Gasteiger partial charge on any atom is 0.138 e. The molecular formula is C18H14N2S. The largest absolute Gasteiger partial charge is 0.287 e. The van der Waals surface area contributed by atoms with Gasteiger partial charge in [-0.15, -0.1) is 11.8 Å². The van der Waals surface area contributed by atoms with Gasteiger partial charge in [-0.25, -0.2) is 4.98 Å². The Balaban J connectivity index is 2.13. The first kappa shape index (κ1) is 12.5. The predicted octanol–water partition coefficient (Wildman–Crippen LogP) is 4.88. The van der Waals surface area contributed by atoms with Crippen molar-refractivity contribution in [3.8, 4) is 11.3 Å². The molecule has 0 aliphatic rings. The number of benzene rings is 2. The van der Waals surface area contributed by atoms with E-state index in [1.165, 1.54) is 15.9 Å². The van der Waals surface area contributed by atoms with E-state index in [9.17, 15) is 0 Å². The SMILES string of the molecule is CSc1c(-c2ccccc2)nc2ccc3ccccc3n12. The Kier molecular flexibility index (Phi) is 2.93. The van der Waals surface area contributed by atoms with Crippen LogP contribution in [0, 0.1) is 0 Å². The van der Waals surface area contributed by atoms with Crippen molar-refractivity contribution in [2.75, 3.05) is 6.26 Å². The van der Waals surface area contributed by atoms with Crippen molar-refractivity contribution < 1.29 is 0 Å². The lowest BCUT2D eigenvalue weighted by Gasteiger charge is -2.05. The molecule has 2 heterocycles. The van der Waals surface area contributed by atoms with Gasteiger partial charge in [0.15, 0.2) is 0 Å². The van der Waals surface area contributed by atoms with E-state index in [0.717, 1.165) is 16.9 Å². The summed E-state index contributed by atoms with van der Waals surface area (Å²) in [5.41, 5.74) is 4.42. The summed E-state index contributed by atoms with van der Waals surface area (Å²) in [5.74, 6) is 0. The van der Waals surface area contributed by atoms with Crippen LogP contribution in [0.3, 0.4) is 0 Å². The molecule has 0 amide bonds. The molecule has 0 bridgehead atoms. The van der Waals surface area contributed by atoms with Crippen molar-refractivity contribution in [1.82, 2.24) is 9.38 Å². The van der Waals surface area contributed by atoms with Crippen LogP contribution in [0.4, 0.5) is 0 Å². The minimum atomic E-state index is 0.997. The first-order valence-electron chi connectivity index (χ1n) is 6.88. The van der Waals surface area contributed by atoms with Gasteiger partial charge in [0.2, 0.25) is 0 Å². The zero-order valence-electron chi connectivity index (χ0n) is 11.7. The maximum atomic E-state index is 4.85. The van der Waals surface area contributed by atoms with Crippen LogP contribution < -0.4 is 0 Å². The lowest BCUT2D eigenvalue weighted by molar-refractivity contribution is 1.11. The highest BCUT2D eigenvalue weighted by molar-refractivity contribution is 7.98. The van der Waals surface area contributed by atoms with Gasteiger partial charge in [-0.3, -0.25) is 4.40 Å². The van der Waals surface area contributed by atoms with Crippen molar-refractivity contribution in [3.05, 3.63) is 66.7 Å². The standard InChI is InChI=1S/C18H14N2S/c1-21-18-17(14-8-3-2-4-9-14)19-16-12-11-13-7-5-6-10-15(13)20(16)18/h2-12H,1H3. The van der Waals surface area contributed by atoms with E-state index >= 15 is 0 Å². The first-order valence-corrected chi connectivity index (χ1v) is 8.10.